The number of nitrogens with one attached hydrogen (secondary N) is 2. The van der Waals surface area contributed by atoms with E-state index in [4.69, 9.17) is 4.74 Å². The lowest BCUT2D eigenvalue weighted by Crippen LogP contribution is -2.05. The van der Waals surface area contributed by atoms with E-state index in [0.717, 1.165) is 25.1 Å². The largest absolute Gasteiger partial charge is 0.490 e. The fraction of sp³-hybridized carbons (Fsp3) is 0.375. The monoisotopic (exact) mass is 286 g/mol. The molecule has 5 nitrogen and oxygen atoms in total. The van der Waals surface area contributed by atoms with Gasteiger partial charge in [0.25, 0.3) is 0 Å². The van der Waals surface area contributed by atoms with E-state index < -0.39 is 0 Å². The van der Waals surface area contributed by atoms with Gasteiger partial charge in [-0.25, -0.2) is 9.97 Å². The van der Waals surface area contributed by atoms with Crippen LogP contribution in [0, 0.1) is 0 Å². The van der Waals surface area contributed by atoms with Gasteiger partial charge in [-0.05, 0) is 31.0 Å². The minimum Gasteiger partial charge on any atom is -0.490 e. The van der Waals surface area contributed by atoms with Crippen molar-refractivity contribution < 1.29 is 4.74 Å². The van der Waals surface area contributed by atoms with Crippen LogP contribution >= 0.6 is 0 Å². The first-order valence-electron chi connectivity index (χ1n) is 7.27. The molecule has 0 bridgehead atoms. The second-order valence-corrected chi connectivity index (χ2v) is 4.71. The van der Waals surface area contributed by atoms with Gasteiger partial charge in [0.15, 0.2) is 11.6 Å². The highest BCUT2D eigenvalue weighted by molar-refractivity contribution is 5.69. The van der Waals surface area contributed by atoms with E-state index in [9.17, 15) is 0 Å². The van der Waals surface area contributed by atoms with E-state index in [1.54, 1.807) is 7.11 Å². The van der Waals surface area contributed by atoms with Crippen LogP contribution in [-0.4, -0.2) is 23.6 Å². The van der Waals surface area contributed by atoms with Crippen LogP contribution in [0.3, 0.4) is 0 Å². The molecule has 0 saturated carbocycles. The lowest BCUT2D eigenvalue weighted by Gasteiger charge is -2.13. The fourth-order valence-electron chi connectivity index (χ4n) is 2.13. The van der Waals surface area contributed by atoms with Crippen LogP contribution < -0.4 is 15.4 Å². The van der Waals surface area contributed by atoms with Gasteiger partial charge in [0.2, 0.25) is 5.75 Å². The van der Waals surface area contributed by atoms with E-state index in [2.05, 4.69) is 51.8 Å². The van der Waals surface area contributed by atoms with Gasteiger partial charge in [-0.15, -0.1) is 0 Å². The number of methoxy groups -OCH3 is 1. The Bertz CT molecular complexity index is 569. The first kappa shape index (κ1) is 15.1. The molecule has 0 fully saturated rings. The van der Waals surface area contributed by atoms with Crippen LogP contribution in [0.4, 0.5) is 17.3 Å². The van der Waals surface area contributed by atoms with Crippen molar-refractivity contribution in [3.05, 3.63) is 36.2 Å². The molecule has 5 heteroatoms. The highest BCUT2D eigenvalue weighted by Gasteiger charge is 2.11. The first-order valence-corrected chi connectivity index (χ1v) is 7.27. The van der Waals surface area contributed by atoms with E-state index in [1.807, 2.05) is 6.92 Å². The van der Waals surface area contributed by atoms with Gasteiger partial charge >= 0.3 is 0 Å². The molecule has 21 heavy (non-hydrogen) atoms. The van der Waals surface area contributed by atoms with Gasteiger partial charge in [0, 0.05) is 12.2 Å². The molecule has 1 aromatic heterocycles. The Hall–Kier alpha value is -2.30. The molecule has 0 saturated heterocycles. The van der Waals surface area contributed by atoms with Crippen molar-refractivity contribution in [1.29, 1.82) is 0 Å². The molecule has 0 unspecified atom stereocenters. The summed E-state index contributed by atoms with van der Waals surface area (Å²) >= 11 is 0. The standard InChI is InChI=1S/C16H22N4O/c1-4-6-12-7-9-13(10-8-12)20-16-14(21-3)15(17-5-2)18-11-19-16/h7-11H,4-6H2,1-3H3,(H2,17,18,19,20). The number of ether oxygens (including phenoxy) is 1. The molecule has 0 aliphatic rings. The summed E-state index contributed by atoms with van der Waals surface area (Å²) in [6, 6.07) is 8.37. The van der Waals surface area contributed by atoms with E-state index in [0.29, 0.717) is 17.4 Å². The summed E-state index contributed by atoms with van der Waals surface area (Å²) < 4.78 is 5.41. The molecule has 0 spiro atoms. The number of rotatable bonds is 7. The summed E-state index contributed by atoms with van der Waals surface area (Å²) in [6.07, 6.45) is 3.77. The minimum atomic E-state index is 0.622. The molecule has 112 valence electrons. The number of benzene rings is 1. The molecular formula is C16H22N4O. The zero-order valence-corrected chi connectivity index (χ0v) is 12.8. The molecule has 0 aliphatic carbocycles. The van der Waals surface area contributed by atoms with E-state index >= 15 is 0 Å². The lowest BCUT2D eigenvalue weighted by molar-refractivity contribution is 0.415. The fourth-order valence-corrected chi connectivity index (χ4v) is 2.13. The molecule has 2 aromatic rings. The molecule has 0 radical (unpaired) electrons. The molecule has 0 aliphatic heterocycles. The number of aromatic nitrogens is 2. The molecular weight excluding hydrogens is 264 g/mol. The Balaban J connectivity index is 2.20. The normalized spacial score (nSPS) is 10.2. The van der Waals surface area contributed by atoms with E-state index in [1.165, 1.54) is 11.9 Å². The Kier molecular flexibility index (Phi) is 5.37. The smallest absolute Gasteiger partial charge is 0.204 e. The summed E-state index contributed by atoms with van der Waals surface area (Å²) in [5, 5.41) is 6.44. The van der Waals surface area contributed by atoms with Crippen molar-refractivity contribution in [2.45, 2.75) is 26.7 Å². The average molecular weight is 286 g/mol. The Labute approximate surface area is 125 Å². The first-order chi connectivity index (χ1) is 10.3. The number of anilines is 3. The Morgan fingerprint density at radius 3 is 2.38 bits per heavy atom. The molecule has 2 rings (SSSR count). The van der Waals surface area contributed by atoms with Gasteiger partial charge < -0.3 is 15.4 Å². The van der Waals surface area contributed by atoms with Crippen molar-refractivity contribution in [3.63, 3.8) is 0 Å². The molecule has 1 heterocycles. The molecule has 0 atom stereocenters. The van der Waals surface area contributed by atoms with Crippen molar-refractivity contribution >= 4 is 17.3 Å². The SMILES string of the molecule is CCCc1ccc(Nc2ncnc(NCC)c2OC)cc1. The van der Waals surface area contributed by atoms with Crippen molar-refractivity contribution in [2.75, 3.05) is 24.3 Å². The third-order valence-corrected chi connectivity index (χ3v) is 3.11. The Morgan fingerprint density at radius 1 is 1.05 bits per heavy atom. The van der Waals surface area contributed by atoms with E-state index in [-0.39, 0.29) is 0 Å². The summed E-state index contributed by atoms with van der Waals surface area (Å²) in [6.45, 7) is 4.97. The number of nitrogens with zero attached hydrogens (tertiary/aromatic N) is 2. The topological polar surface area (TPSA) is 59.1 Å². The highest BCUT2D eigenvalue weighted by Crippen LogP contribution is 2.31. The average Bonchev–Trinajstić information content (AvgIpc) is 2.50. The third kappa shape index (κ3) is 3.84. The van der Waals surface area contributed by atoms with Gasteiger partial charge in [0.1, 0.15) is 6.33 Å². The van der Waals surface area contributed by atoms with Crippen molar-refractivity contribution in [2.24, 2.45) is 0 Å². The maximum atomic E-state index is 5.41. The predicted octanol–water partition coefficient (Wildman–Crippen LogP) is 3.61. The third-order valence-electron chi connectivity index (χ3n) is 3.11. The maximum absolute atomic E-state index is 5.41. The molecule has 0 amide bonds. The second-order valence-electron chi connectivity index (χ2n) is 4.71. The second kappa shape index (κ2) is 7.47. The highest BCUT2D eigenvalue weighted by atomic mass is 16.5. The zero-order chi connectivity index (χ0) is 15.1. The van der Waals surface area contributed by atoms with Crippen LogP contribution in [-0.2, 0) is 6.42 Å². The van der Waals surface area contributed by atoms with Crippen LogP contribution in [0.25, 0.3) is 0 Å². The van der Waals surface area contributed by atoms with Crippen molar-refractivity contribution in [1.82, 2.24) is 9.97 Å². The van der Waals surface area contributed by atoms with Crippen LogP contribution in [0.1, 0.15) is 25.8 Å². The van der Waals surface area contributed by atoms with Gasteiger partial charge in [-0.3, -0.25) is 0 Å². The quantitative estimate of drug-likeness (QED) is 0.814. The maximum Gasteiger partial charge on any atom is 0.204 e. The van der Waals surface area contributed by atoms with Gasteiger partial charge in [0.05, 0.1) is 7.11 Å². The van der Waals surface area contributed by atoms with Crippen molar-refractivity contribution in [3.8, 4) is 5.75 Å². The zero-order valence-electron chi connectivity index (χ0n) is 12.8. The number of hydrogen-bond donors (Lipinski definition) is 2. The van der Waals surface area contributed by atoms with Crippen LogP contribution in [0.15, 0.2) is 30.6 Å². The van der Waals surface area contributed by atoms with Gasteiger partial charge in [-0.1, -0.05) is 25.5 Å². The van der Waals surface area contributed by atoms with Crippen LogP contribution in [0.2, 0.25) is 0 Å². The number of aryl methyl sites for hydroxylation is 1. The molecule has 2 N–H and O–H groups in total. The summed E-state index contributed by atoms with van der Waals surface area (Å²) in [5.74, 6) is 1.98. The van der Waals surface area contributed by atoms with Gasteiger partial charge in [-0.2, -0.15) is 0 Å². The summed E-state index contributed by atoms with van der Waals surface area (Å²) in [7, 11) is 1.62. The Morgan fingerprint density at radius 2 is 1.76 bits per heavy atom. The lowest BCUT2D eigenvalue weighted by atomic mass is 10.1. The minimum absolute atomic E-state index is 0.622. The molecule has 1 aromatic carbocycles. The predicted molar refractivity (Wildman–Crippen MR) is 86.5 cm³/mol. The summed E-state index contributed by atoms with van der Waals surface area (Å²) in [5.41, 5.74) is 2.32. The summed E-state index contributed by atoms with van der Waals surface area (Å²) in [4.78, 5) is 8.45. The number of hydrogen-bond acceptors (Lipinski definition) is 5. The van der Waals surface area contributed by atoms with Crippen LogP contribution in [0.5, 0.6) is 5.75 Å².